The summed E-state index contributed by atoms with van der Waals surface area (Å²) in [6, 6.07) is 0.674. The van der Waals surface area contributed by atoms with Crippen molar-refractivity contribution in [2.75, 3.05) is 46.2 Å². The first-order valence-corrected chi connectivity index (χ1v) is 15.9. The molecule has 8 unspecified atom stereocenters. The summed E-state index contributed by atoms with van der Waals surface area (Å²) in [4.78, 5) is 15.5. The van der Waals surface area contributed by atoms with Gasteiger partial charge in [0, 0.05) is 49.6 Å². The number of amides is 1. The fourth-order valence-electron chi connectivity index (χ4n) is 7.09. The summed E-state index contributed by atoms with van der Waals surface area (Å²) in [5.74, 6) is 1.19. The van der Waals surface area contributed by atoms with Gasteiger partial charge in [-0.25, -0.2) is 0 Å². The zero-order chi connectivity index (χ0) is 26.5. The van der Waals surface area contributed by atoms with Gasteiger partial charge in [0.15, 0.2) is 0 Å². The molecule has 3 heterocycles. The first-order chi connectivity index (χ1) is 18.5. The lowest BCUT2D eigenvalue weighted by Gasteiger charge is -2.46. The zero-order valence-electron chi connectivity index (χ0n) is 22.9. The maximum atomic E-state index is 12.8. The van der Waals surface area contributed by atoms with Crippen molar-refractivity contribution in [1.29, 1.82) is 0 Å². The van der Waals surface area contributed by atoms with Gasteiger partial charge in [-0.05, 0) is 57.4 Å². The molecule has 0 radical (unpaired) electrons. The Balaban J connectivity index is 0.991. The van der Waals surface area contributed by atoms with Crippen LogP contribution in [0.2, 0.25) is 0 Å². The van der Waals surface area contributed by atoms with Crippen LogP contribution in [0.1, 0.15) is 58.3 Å². The quantitative estimate of drug-likeness (QED) is 0.199. The summed E-state index contributed by atoms with van der Waals surface area (Å²) >= 11 is 3.99. The van der Waals surface area contributed by atoms with Crippen molar-refractivity contribution in [3.8, 4) is 0 Å². The molecule has 38 heavy (non-hydrogen) atoms. The number of nitrogens with zero attached hydrogens (tertiary/aromatic N) is 1. The van der Waals surface area contributed by atoms with E-state index in [0.29, 0.717) is 61.8 Å². The SMILES string of the molecule is CC1NCOC1COC1CCC2CN(C[C@@H](O)CNC(=O)C3CC(NC4CCCC4)NCN3)CCC2C1Br. The molecule has 2 aliphatic carbocycles. The Hall–Kier alpha value is -0.370. The molecular weight excluding hydrogens is 552 g/mol. The number of carbonyl (C=O) groups is 1. The lowest BCUT2D eigenvalue weighted by molar-refractivity contribution is -0.124. The summed E-state index contributed by atoms with van der Waals surface area (Å²) in [5.41, 5.74) is 0. The number of nitrogens with one attached hydrogen (secondary N) is 5. The molecule has 0 aromatic rings. The van der Waals surface area contributed by atoms with Crippen LogP contribution in [0, 0.1) is 11.8 Å². The number of piperidine rings is 1. The molecular formula is C27H49BrN6O4. The van der Waals surface area contributed by atoms with Crippen LogP contribution in [0.4, 0.5) is 0 Å². The van der Waals surface area contributed by atoms with Crippen molar-refractivity contribution in [1.82, 2.24) is 31.5 Å². The molecule has 0 aromatic heterocycles. The molecule has 1 amide bonds. The lowest BCUT2D eigenvalue weighted by Crippen LogP contribution is -2.61. The molecule has 0 aromatic carbocycles. The van der Waals surface area contributed by atoms with Crippen LogP contribution in [0.5, 0.6) is 0 Å². The summed E-state index contributed by atoms with van der Waals surface area (Å²) in [6.07, 6.45) is 9.03. The summed E-state index contributed by atoms with van der Waals surface area (Å²) in [6.45, 7) is 6.89. The number of aliphatic hydroxyl groups excluding tert-OH is 1. The van der Waals surface area contributed by atoms with Crippen molar-refractivity contribution in [2.45, 2.75) is 106 Å². The number of rotatable bonds is 10. The lowest BCUT2D eigenvalue weighted by atomic mass is 9.73. The zero-order valence-corrected chi connectivity index (χ0v) is 24.5. The average Bonchev–Trinajstić information content (AvgIpc) is 3.58. The Morgan fingerprint density at radius 1 is 1.18 bits per heavy atom. The van der Waals surface area contributed by atoms with Gasteiger partial charge in [0.25, 0.3) is 0 Å². The first kappa shape index (κ1) is 29.1. The van der Waals surface area contributed by atoms with Crippen molar-refractivity contribution in [2.24, 2.45) is 11.8 Å². The molecule has 2 saturated carbocycles. The van der Waals surface area contributed by atoms with E-state index in [1.165, 1.54) is 25.7 Å². The predicted octanol–water partition coefficient (Wildman–Crippen LogP) is 0.446. The van der Waals surface area contributed by atoms with Gasteiger partial charge >= 0.3 is 0 Å². The maximum Gasteiger partial charge on any atom is 0.237 e. The number of β-amino-alcohol motifs (C(OH)–C–C–N with tert-alkyl or cyclic N) is 1. The Morgan fingerprint density at radius 2 is 2.03 bits per heavy atom. The Labute approximate surface area is 236 Å². The molecule has 5 fully saturated rings. The third-order valence-corrected chi connectivity index (χ3v) is 10.7. The summed E-state index contributed by atoms with van der Waals surface area (Å²) < 4.78 is 12.0. The van der Waals surface area contributed by atoms with Crippen molar-refractivity contribution >= 4 is 21.8 Å². The van der Waals surface area contributed by atoms with E-state index in [4.69, 9.17) is 9.47 Å². The van der Waals surface area contributed by atoms with Gasteiger partial charge in [0.1, 0.15) is 0 Å². The van der Waals surface area contributed by atoms with Gasteiger partial charge in [0.2, 0.25) is 5.91 Å². The number of alkyl halides is 1. The van der Waals surface area contributed by atoms with E-state index in [9.17, 15) is 9.90 Å². The normalized spacial score (nSPS) is 39.7. The van der Waals surface area contributed by atoms with Crippen LogP contribution in [0.25, 0.3) is 0 Å². The van der Waals surface area contributed by atoms with Crippen molar-refractivity contribution < 1.29 is 19.4 Å². The highest BCUT2D eigenvalue weighted by atomic mass is 79.9. The van der Waals surface area contributed by atoms with Gasteiger partial charge in [-0.1, -0.05) is 28.8 Å². The van der Waals surface area contributed by atoms with Gasteiger partial charge in [-0.15, -0.1) is 0 Å². The molecule has 0 spiro atoms. The van der Waals surface area contributed by atoms with E-state index in [1.54, 1.807) is 0 Å². The van der Waals surface area contributed by atoms with Gasteiger partial charge in [-0.2, -0.15) is 0 Å². The molecule has 10 nitrogen and oxygen atoms in total. The highest BCUT2D eigenvalue weighted by molar-refractivity contribution is 9.09. The van der Waals surface area contributed by atoms with Gasteiger partial charge in [0.05, 0.1) is 43.9 Å². The monoisotopic (exact) mass is 600 g/mol. The number of halogens is 1. The second kappa shape index (κ2) is 14.0. The van der Waals surface area contributed by atoms with E-state index in [0.717, 1.165) is 38.8 Å². The van der Waals surface area contributed by atoms with Crippen LogP contribution in [-0.2, 0) is 14.3 Å². The Morgan fingerprint density at radius 3 is 2.82 bits per heavy atom. The molecule has 0 bridgehead atoms. The third-order valence-electron chi connectivity index (χ3n) is 9.46. The molecule has 5 aliphatic rings. The standard InChI is InChI=1S/C27H49BrN6O4/c1-17-24(38-16-32-17)14-37-23-7-6-18-12-34(9-8-21(18)26(23)28)13-20(35)11-29-27(36)22-10-25(31-15-30-22)33-19-4-2-3-5-19/h17-26,30-33,35H,2-16H2,1H3,(H,29,36)/t17?,18?,20-,21?,22?,23?,24?,25?,26?/m0/s1. The molecule has 11 heteroatoms. The molecule has 3 aliphatic heterocycles. The van der Waals surface area contributed by atoms with Gasteiger partial charge < -0.3 is 24.8 Å². The number of ether oxygens (including phenoxy) is 2. The molecule has 218 valence electrons. The average molecular weight is 602 g/mol. The van der Waals surface area contributed by atoms with Crippen molar-refractivity contribution in [3.05, 3.63) is 0 Å². The van der Waals surface area contributed by atoms with Crippen LogP contribution < -0.4 is 26.6 Å². The van der Waals surface area contributed by atoms with Crippen LogP contribution in [-0.4, -0.2) is 110 Å². The third kappa shape index (κ3) is 7.67. The fraction of sp³-hybridized carbons (Fsp3) is 0.963. The van der Waals surface area contributed by atoms with Crippen LogP contribution >= 0.6 is 15.9 Å². The minimum atomic E-state index is -0.564. The molecule has 9 atom stereocenters. The second-order valence-corrected chi connectivity index (χ2v) is 13.2. The van der Waals surface area contributed by atoms with E-state index < -0.39 is 6.10 Å². The maximum absolute atomic E-state index is 12.8. The highest BCUT2D eigenvalue weighted by Gasteiger charge is 2.42. The smallest absolute Gasteiger partial charge is 0.237 e. The number of likely N-dealkylation sites (tertiary alicyclic amines) is 1. The molecule has 6 N–H and O–H groups in total. The summed E-state index contributed by atoms with van der Waals surface area (Å²) in [7, 11) is 0. The Bertz CT molecular complexity index is 761. The number of hydrogen-bond donors (Lipinski definition) is 6. The number of carbonyl (C=O) groups excluding carboxylic acids is 1. The van der Waals surface area contributed by atoms with E-state index in [-0.39, 0.29) is 30.3 Å². The second-order valence-electron chi connectivity index (χ2n) is 12.2. The van der Waals surface area contributed by atoms with E-state index in [2.05, 4.69) is 54.3 Å². The molecule has 3 saturated heterocycles. The van der Waals surface area contributed by atoms with E-state index >= 15 is 0 Å². The van der Waals surface area contributed by atoms with E-state index in [1.807, 2.05) is 0 Å². The number of fused-ring (bicyclic) bond motifs is 1. The topological polar surface area (TPSA) is 119 Å². The number of hydrogen-bond acceptors (Lipinski definition) is 9. The predicted molar refractivity (Wildman–Crippen MR) is 150 cm³/mol. The minimum Gasteiger partial charge on any atom is -0.390 e. The number of aliphatic hydroxyl groups is 1. The summed E-state index contributed by atoms with van der Waals surface area (Å²) in [5, 5.41) is 27.4. The highest BCUT2D eigenvalue weighted by Crippen LogP contribution is 2.41. The first-order valence-electron chi connectivity index (χ1n) is 15.0. The Kier molecular flexibility index (Phi) is 10.7. The van der Waals surface area contributed by atoms with Crippen molar-refractivity contribution in [3.63, 3.8) is 0 Å². The largest absolute Gasteiger partial charge is 0.390 e. The van der Waals surface area contributed by atoms with Crippen LogP contribution in [0.3, 0.4) is 0 Å². The van der Waals surface area contributed by atoms with Crippen LogP contribution in [0.15, 0.2) is 0 Å². The minimum absolute atomic E-state index is 0.0175. The van der Waals surface area contributed by atoms with Gasteiger partial charge in [-0.3, -0.25) is 26.1 Å². The molecule has 5 rings (SSSR count). The fourth-order valence-corrected chi connectivity index (χ4v) is 8.21.